The fourth-order valence-electron chi connectivity index (χ4n) is 5.53. The molecule has 1 unspecified atom stereocenters. The summed E-state index contributed by atoms with van der Waals surface area (Å²) in [5.74, 6) is 1.29. The van der Waals surface area contributed by atoms with Crippen LogP contribution in [0.3, 0.4) is 0 Å². The number of rotatable bonds is 6. The maximum absolute atomic E-state index is 15.2. The van der Waals surface area contributed by atoms with Gasteiger partial charge in [0.2, 0.25) is 5.95 Å². The first-order chi connectivity index (χ1) is 17.9. The van der Waals surface area contributed by atoms with E-state index in [1.54, 1.807) is 31.6 Å². The van der Waals surface area contributed by atoms with Gasteiger partial charge in [-0.1, -0.05) is 6.92 Å². The van der Waals surface area contributed by atoms with Gasteiger partial charge in [-0.15, -0.1) is 0 Å². The zero-order valence-corrected chi connectivity index (χ0v) is 21.1. The monoisotopic (exact) mass is 506 g/mol. The second-order valence-corrected chi connectivity index (χ2v) is 10.6. The smallest absolute Gasteiger partial charge is 0.227 e. The van der Waals surface area contributed by atoms with Gasteiger partial charge < -0.3 is 30.1 Å². The molecule has 0 amide bonds. The fourth-order valence-corrected chi connectivity index (χ4v) is 5.53. The lowest BCUT2D eigenvalue weighted by Gasteiger charge is -2.53. The molecule has 0 radical (unpaired) electrons. The van der Waals surface area contributed by atoms with E-state index in [4.69, 9.17) is 9.47 Å². The summed E-state index contributed by atoms with van der Waals surface area (Å²) in [5.41, 5.74) is 3.25. The van der Waals surface area contributed by atoms with E-state index in [-0.39, 0.29) is 17.8 Å². The molecule has 2 aromatic heterocycles. The third-order valence-corrected chi connectivity index (χ3v) is 7.95. The van der Waals surface area contributed by atoms with Crippen LogP contribution in [-0.4, -0.2) is 66.6 Å². The van der Waals surface area contributed by atoms with E-state index in [1.165, 1.54) is 6.07 Å². The first kappa shape index (κ1) is 23.9. The van der Waals surface area contributed by atoms with Crippen LogP contribution in [0.2, 0.25) is 0 Å². The molecule has 3 N–H and O–H groups in total. The largest absolute Gasteiger partial charge is 0.494 e. The summed E-state index contributed by atoms with van der Waals surface area (Å²) in [6.45, 7) is 5.85. The predicted octanol–water partition coefficient (Wildman–Crippen LogP) is 3.72. The second kappa shape index (κ2) is 9.11. The van der Waals surface area contributed by atoms with Crippen LogP contribution in [0.1, 0.15) is 25.3 Å². The number of hydrogen-bond donors (Lipinski definition) is 3. The van der Waals surface area contributed by atoms with Crippen molar-refractivity contribution in [3.8, 4) is 17.0 Å². The van der Waals surface area contributed by atoms with E-state index in [0.29, 0.717) is 35.3 Å². The Morgan fingerprint density at radius 2 is 2.03 bits per heavy atom. The van der Waals surface area contributed by atoms with Crippen LogP contribution in [0, 0.1) is 11.2 Å². The highest BCUT2D eigenvalue weighted by Crippen LogP contribution is 2.45. The summed E-state index contributed by atoms with van der Waals surface area (Å²) in [4.78, 5) is 15.6. The van der Waals surface area contributed by atoms with E-state index in [2.05, 4.69) is 30.5 Å². The molecule has 10 heteroatoms. The Labute approximate surface area is 215 Å². The van der Waals surface area contributed by atoms with Crippen molar-refractivity contribution in [3.05, 3.63) is 48.0 Å². The minimum Gasteiger partial charge on any atom is -0.494 e. The number of nitrogens with zero attached hydrogens (tertiary/aromatic N) is 4. The van der Waals surface area contributed by atoms with Gasteiger partial charge in [-0.3, -0.25) is 0 Å². The van der Waals surface area contributed by atoms with Gasteiger partial charge in [0.1, 0.15) is 17.4 Å². The fraction of sp³-hybridized carbons (Fsp3) is 0.444. The van der Waals surface area contributed by atoms with Gasteiger partial charge in [-0.05, 0) is 25.0 Å². The average Bonchev–Trinajstić information content (AvgIpc) is 3.24. The molecule has 0 aliphatic carbocycles. The zero-order chi connectivity index (χ0) is 25.6. The number of benzene rings is 1. The standard InChI is InChI=1S/C27H31FN6O3/c1-26(16-35)13-31-24-18(26)9-17(12-30-24)20-3-6-29-25(32-20)33-21-10-19(28)22(11-23(21)36-2)34-14-27(15-34)4-7-37-8-5-27/h3,6,9-12,35H,4-5,7-8,13-16H2,1-2H3,(H,30,31)(H,29,32,33). The molecule has 2 fully saturated rings. The normalized spacial score (nSPS) is 21.8. The molecule has 1 atom stereocenters. The number of aliphatic hydroxyl groups excluding tert-OH is 1. The SMILES string of the molecule is COc1cc(N2CC3(CCOCC3)C2)c(F)cc1Nc1nccc(-c2cnc3c(c2)C(C)(CO)CN3)n1. The summed E-state index contributed by atoms with van der Waals surface area (Å²) >= 11 is 0. The Bertz CT molecular complexity index is 1320. The van der Waals surface area contributed by atoms with Gasteiger partial charge in [0.15, 0.2) is 0 Å². The number of ether oxygens (including phenoxy) is 2. The second-order valence-electron chi connectivity index (χ2n) is 10.6. The lowest BCUT2D eigenvalue weighted by atomic mass is 9.73. The van der Waals surface area contributed by atoms with Crippen molar-refractivity contribution in [2.24, 2.45) is 5.41 Å². The molecule has 0 saturated carbocycles. The van der Waals surface area contributed by atoms with Crippen molar-refractivity contribution in [1.82, 2.24) is 15.0 Å². The molecule has 5 heterocycles. The number of fused-ring (bicyclic) bond motifs is 1. The quantitative estimate of drug-likeness (QED) is 0.461. The molecule has 194 valence electrons. The van der Waals surface area contributed by atoms with Crippen LogP contribution in [0.5, 0.6) is 5.75 Å². The van der Waals surface area contributed by atoms with Crippen molar-refractivity contribution in [2.45, 2.75) is 25.2 Å². The lowest BCUT2D eigenvalue weighted by molar-refractivity contribution is -0.000398. The molecule has 2 saturated heterocycles. The summed E-state index contributed by atoms with van der Waals surface area (Å²) in [6.07, 6.45) is 5.43. The van der Waals surface area contributed by atoms with E-state index in [1.807, 2.05) is 13.0 Å². The van der Waals surface area contributed by atoms with Gasteiger partial charge in [-0.2, -0.15) is 0 Å². The number of nitrogens with one attached hydrogen (secondary N) is 2. The minimum absolute atomic E-state index is 0.0168. The predicted molar refractivity (Wildman–Crippen MR) is 139 cm³/mol. The summed E-state index contributed by atoms with van der Waals surface area (Å²) in [7, 11) is 1.57. The highest BCUT2D eigenvalue weighted by Gasteiger charge is 2.44. The molecule has 3 aliphatic rings. The highest BCUT2D eigenvalue weighted by atomic mass is 19.1. The van der Waals surface area contributed by atoms with Crippen molar-refractivity contribution in [2.75, 3.05) is 62.1 Å². The molecule has 1 aromatic carbocycles. The number of methoxy groups -OCH3 is 1. The molecular formula is C27H31FN6O3. The Balaban J connectivity index is 1.23. The Hall–Kier alpha value is -3.50. The molecule has 3 aromatic rings. The zero-order valence-electron chi connectivity index (χ0n) is 21.1. The van der Waals surface area contributed by atoms with Gasteiger partial charge in [0, 0.05) is 79.3 Å². The van der Waals surface area contributed by atoms with Gasteiger partial charge >= 0.3 is 0 Å². The van der Waals surface area contributed by atoms with Crippen LogP contribution in [-0.2, 0) is 10.2 Å². The van der Waals surface area contributed by atoms with E-state index < -0.39 is 5.41 Å². The Morgan fingerprint density at radius 1 is 1.22 bits per heavy atom. The van der Waals surface area contributed by atoms with Crippen LogP contribution >= 0.6 is 0 Å². The number of hydrogen-bond acceptors (Lipinski definition) is 9. The molecule has 37 heavy (non-hydrogen) atoms. The first-order valence-corrected chi connectivity index (χ1v) is 12.6. The van der Waals surface area contributed by atoms with Crippen molar-refractivity contribution in [1.29, 1.82) is 0 Å². The maximum Gasteiger partial charge on any atom is 0.227 e. The van der Waals surface area contributed by atoms with Crippen molar-refractivity contribution in [3.63, 3.8) is 0 Å². The molecule has 1 spiro atoms. The third-order valence-electron chi connectivity index (χ3n) is 7.95. The summed E-state index contributed by atoms with van der Waals surface area (Å²) in [5, 5.41) is 16.3. The number of anilines is 4. The van der Waals surface area contributed by atoms with Crippen LogP contribution in [0.25, 0.3) is 11.3 Å². The van der Waals surface area contributed by atoms with Crippen LogP contribution < -0.4 is 20.3 Å². The molecule has 3 aliphatic heterocycles. The summed E-state index contributed by atoms with van der Waals surface area (Å²) in [6, 6.07) is 6.97. The molecular weight excluding hydrogens is 475 g/mol. The third kappa shape index (κ3) is 4.23. The Morgan fingerprint density at radius 3 is 2.78 bits per heavy atom. The molecule has 6 rings (SSSR count). The number of aromatic nitrogens is 3. The first-order valence-electron chi connectivity index (χ1n) is 12.6. The maximum atomic E-state index is 15.2. The number of aliphatic hydroxyl groups is 1. The lowest BCUT2D eigenvalue weighted by Crippen LogP contribution is -2.58. The van der Waals surface area contributed by atoms with Gasteiger partial charge in [-0.25, -0.2) is 19.3 Å². The van der Waals surface area contributed by atoms with E-state index >= 15 is 4.39 Å². The van der Waals surface area contributed by atoms with Crippen LogP contribution in [0.4, 0.5) is 27.5 Å². The van der Waals surface area contributed by atoms with Gasteiger partial charge in [0.05, 0.1) is 30.8 Å². The Kier molecular flexibility index (Phi) is 5.88. The van der Waals surface area contributed by atoms with Crippen molar-refractivity contribution < 1.29 is 19.0 Å². The van der Waals surface area contributed by atoms with Gasteiger partial charge in [0.25, 0.3) is 0 Å². The van der Waals surface area contributed by atoms with Crippen molar-refractivity contribution >= 4 is 23.1 Å². The molecule has 0 bridgehead atoms. The van der Waals surface area contributed by atoms with Crippen LogP contribution in [0.15, 0.2) is 36.7 Å². The van der Waals surface area contributed by atoms with E-state index in [0.717, 1.165) is 56.1 Å². The summed E-state index contributed by atoms with van der Waals surface area (Å²) < 4.78 is 26.3. The number of halogens is 1. The molecule has 9 nitrogen and oxygen atoms in total. The van der Waals surface area contributed by atoms with E-state index in [9.17, 15) is 5.11 Å². The highest BCUT2D eigenvalue weighted by molar-refractivity contribution is 5.71. The number of pyridine rings is 1. The average molecular weight is 507 g/mol. The minimum atomic E-state index is -0.403. The topological polar surface area (TPSA) is 105 Å².